The second kappa shape index (κ2) is 9.85. The highest BCUT2D eigenvalue weighted by Gasteiger charge is 2.01. The summed E-state index contributed by atoms with van der Waals surface area (Å²) < 4.78 is 7.42. The van der Waals surface area contributed by atoms with Crippen molar-refractivity contribution in [3.05, 3.63) is 11.9 Å². The van der Waals surface area contributed by atoms with Crippen LogP contribution in [0.25, 0.3) is 0 Å². The number of hydrogen-bond donors (Lipinski definition) is 1. The van der Waals surface area contributed by atoms with Crippen molar-refractivity contribution in [2.45, 2.75) is 33.4 Å². The van der Waals surface area contributed by atoms with Crippen LogP contribution in [0.1, 0.15) is 26.0 Å². The molecule has 20 heavy (non-hydrogen) atoms. The zero-order valence-electron chi connectivity index (χ0n) is 13.3. The zero-order valence-corrected chi connectivity index (χ0v) is 13.3. The summed E-state index contributed by atoms with van der Waals surface area (Å²) in [5.74, 6) is 0.653. The molecule has 0 radical (unpaired) electrons. The smallest absolute Gasteiger partial charge is 0.0964 e. The fourth-order valence-electron chi connectivity index (χ4n) is 1.76. The summed E-state index contributed by atoms with van der Waals surface area (Å²) in [6, 6.07) is 0. The average Bonchev–Trinajstić information content (AvgIpc) is 2.81. The maximum absolute atomic E-state index is 5.58. The first-order chi connectivity index (χ1) is 9.58. The third kappa shape index (κ3) is 8.24. The van der Waals surface area contributed by atoms with E-state index in [2.05, 4.69) is 48.5 Å². The Labute approximate surface area is 122 Å². The number of aromatic nitrogens is 3. The predicted molar refractivity (Wildman–Crippen MR) is 80.6 cm³/mol. The van der Waals surface area contributed by atoms with Gasteiger partial charge in [0, 0.05) is 19.3 Å². The average molecular weight is 283 g/mol. The molecule has 0 aliphatic rings. The molecule has 6 heteroatoms. The lowest BCUT2D eigenvalue weighted by molar-refractivity contribution is 0.116. The number of hydrogen-bond acceptors (Lipinski definition) is 5. The van der Waals surface area contributed by atoms with Crippen LogP contribution in [0, 0.1) is 5.92 Å². The second-order valence-corrected chi connectivity index (χ2v) is 5.77. The predicted octanol–water partition coefficient (Wildman–Crippen LogP) is 0.992. The van der Waals surface area contributed by atoms with Crippen LogP contribution in [0.15, 0.2) is 6.20 Å². The van der Waals surface area contributed by atoms with Gasteiger partial charge in [-0.25, -0.2) is 4.68 Å². The highest BCUT2D eigenvalue weighted by atomic mass is 16.5. The van der Waals surface area contributed by atoms with E-state index < -0.39 is 0 Å². The van der Waals surface area contributed by atoms with Crippen molar-refractivity contribution in [2.75, 3.05) is 40.4 Å². The molecule has 0 saturated heterocycles. The van der Waals surface area contributed by atoms with E-state index in [0.717, 1.165) is 44.9 Å². The molecule has 1 aromatic heterocycles. The summed E-state index contributed by atoms with van der Waals surface area (Å²) >= 11 is 0. The molecular weight excluding hydrogens is 254 g/mol. The molecule has 0 aliphatic heterocycles. The molecule has 1 heterocycles. The first kappa shape index (κ1) is 17.1. The van der Waals surface area contributed by atoms with Crippen molar-refractivity contribution >= 4 is 0 Å². The van der Waals surface area contributed by atoms with Gasteiger partial charge < -0.3 is 15.0 Å². The molecule has 0 aromatic carbocycles. The van der Waals surface area contributed by atoms with Crippen LogP contribution in [-0.4, -0.2) is 60.3 Å². The van der Waals surface area contributed by atoms with Crippen LogP contribution >= 0.6 is 0 Å². The van der Waals surface area contributed by atoms with Gasteiger partial charge >= 0.3 is 0 Å². The van der Waals surface area contributed by atoms with Crippen molar-refractivity contribution in [1.82, 2.24) is 25.2 Å². The summed E-state index contributed by atoms with van der Waals surface area (Å²) in [5.41, 5.74) is 0.984. The molecule has 6 nitrogen and oxygen atoms in total. The van der Waals surface area contributed by atoms with Crippen molar-refractivity contribution in [3.63, 3.8) is 0 Å². The largest absolute Gasteiger partial charge is 0.379 e. The van der Waals surface area contributed by atoms with Gasteiger partial charge in [0.1, 0.15) is 0 Å². The topological polar surface area (TPSA) is 55.2 Å². The van der Waals surface area contributed by atoms with Gasteiger partial charge in [0.05, 0.1) is 18.8 Å². The van der Waals surface area contributed by atoms with E-state index in [1.54, 1.807) is 0 Å². The third-order valence-electron chi connectivity index (χ3n) is 2.80. The molecule has 1 rings (SSSR count). The standard InChI is InChI=1S/C14H29N5O/c1-13(2)10-15-11-14-12-19(17-16-14)7-9-20-8-5-6-18(3)4/h12-13,15H,5-11H2,1-4H3. The van der Waals surface area contributed by atoms with E-state index >= 15 is 0 Å². The van der Waals surface area contributed by atoms with Gasteiger partial charge in [0.25, 0.3) is 0 Å². The minimum atomic E-state index is 0.653. The molecule has 0 fully saturated rings. The Morgan fingerprint density at radius 2 is 2.15 bits per heavy atom. The van der Waals surface area contributed by atoms with E-state index in [1.807, 2.05) is 10.9 Å². The highest BCUT2D eigenvalue weighted by molar-refractivity contribution is 4.91. The zero-order chi connectivity index (χ0) is 14.8. The molecule has 0 unspecified atom stereocenters. The van der Waals surface area contributed by atoms with Crippen LogP contribution in [0.3, 0.4) is 0 Å². The molecule has 0 atom stereocenters. The van der Waals surface area contributed by atoms with Gasteiger partial charge in [-0.2, -0.15) is 0 Å². The Balaban J connectivity index is 2.08. The van der Waals surface area contributed by atoms with Gasteiger partial charge in [-0.3, -0.25) is 0 Å². The Bertz CT molecular complexity index is 351. The normalized spacial score (nSPS) is 11.7. The van der Waals surface area contributed by atoms with E-state index in [4.69, 9.17) is 4.74 Å². The Hall–Kier alpha value is -0.980. The van der Waals surface area contributed by atoms with Crippen molar-refractivity contribution in [3.8, 4) is 0 Å². The molecule has 1 aromatic rings. The fourth-order valence-corrected chi connectivity index (χ4v) is 1.76. The quantitative estimate of drug-likeness (QED) is 0.614. The Kier molecular flexibility index (Phi) is 8.41. The summed E-state index contributed by atoms with van der Waals surface area (Å²) in [5, 5.41) is 11.6. The van der Waals surface area contributed by atoms with E-state index in [9.17, 15) is 0 Å². The molecule has 0 spiro atoms. The maximum atomic E-state index is 5.58. The van der Waals surface area contributed by atoms with Gasteiger partial charge in [0.15, 0.2) is 0 Å². The fraction of sp³-hybridized carbons (Fsp3) is 0.857. The lowest BCUT2D eigenvalue weighted by atomic mass is 10.2. The summed E-state index contributed by atoms with van der Waals surface area (Å²) in [6.07, 6.45) is 3.05. The monoisotopic (exact) mass is 283 g/mol. The molecule has 1 N–H and O–H groups in total. The molecule has 116 valence electrons. The van der Waals surface area contributed by atoms with Crippen molar-refractivity contribution < 1.29 is 4.74 Å². The third-order valence-corrected chi connectivity index (χ3v) is 2.80. The second-order valence-electron chi connectivity index (χ2n) is 5.77. The molecule has 0 amide bonds. The maximum Gasteiger partial charge on any atom is 0.0964 e. The molecule has 0 aliphatic carbocycles. The number of ether oxygens (including phenoxy) is 1. The van der Waals surface area contributed by atoms with E-state index in [-0.39, 0.29) is 0 Å². The Morgan fingerprint density at radius 3 is 2.85 bits per heavy atom. The van der Waals surface area contributed by atoms with Crippen LogP contribution in [0.4, 0.5) is 0 Å². The summed E-state index contributed by atoms with van der Waals surface area (Å²) in [7, 11) is 4.15. The SMILES string of the molecule is CC(C)CNCc1cn(CCOCCCN(C)C)nn1. The lowest BCUT2D eigenvalue weighted by Crippen LogP contribution is -2.19. The van der Waals surface area contributed by atoms with Crippen LogP contribution in [-0.2, 0) is 17.8 Å². The van der Waals surface area contributed by atoms with Crippen molar-refractivity contribution in [2.24, 2.45) is 5.92 Å². The molecule has 0 bridgehead atoms. The van der Waals surface area contributed by atoms with Gasteiger partial charge in [-0.05, 0) is 39.5 Å². The minimum absolute atomic E-state index is 0.653. The highest BCUT2D eigenvalue weighted by Crippen LogP contribution is 1.95. The minimum Gasteiger partial charge on any atom is -0.379 e. The van der Waals surface area contributed by atoms with Crippen LogP contribution in [0.5, 0.6) is 0 Å². The van der Waals surface area contributed by atoms with Gasteiger partial charge in [-0.15, -0.1) is 5.10 Å². The summed E-state index contributed by atoms with van der Waals surface area (Å²) in [6.45, 7) is 9.48. The van der Waals surface area contributed by atoms with E-state index in [1.165, 1.54) is 0 Å². The first-order valence-electron chi connectivity index (χ1n) is 7.40. The first-order valence-corrected chi connectivity index (χ1v) is 7.40. The van der Waals surface area contributed by atoms with Gasteiger partial charge in [-0.1, -0.05) is 19.1 Å². The molecule has 0 saturated carbocycles. The van der Waals surface area contributed by atoms with Crippen LogP contribution in [0.2, 0.25) is 0 Å². The molecular formula is C14H29N5O. The summed E-state index contributed by atoms with van der Waals surface area (Å²) in [4.78, 5) is 2.16. The van der Waals surface area contributed by atoms with Crippen molar-refractivity contribution in [1.29, 1.82) is 0 Å². The van der Waals surface area contributed by atoms with E-state index in [0.29, 0.717) is 12.5 Å². The number of nitrogens with one attached hydrogen (secondary N) is 1. The van der Waals surface area contributed by atoms with Crippen LogP contribution < -0.4 is 5.32 Å². The van der Waals surface area contributed by atoms with Gasteiger partial charge in [0.2, 0.25) is 0 Å². The Morgan fingerprint density at radius 1 is 1.35 bits per heavy atom. The number of rotatable bonds is 11. The number of nitrogens with zero attached hydrogens (tertiary/aromatic N) is 4. The lowest BCUT2D eigenvalue weighted by Gasteiger charge is -2.09.